The number of fused-ring (bicyclic) bond motifs is 3. The van der Waals surface area contributed by atoms with Crippen LogP contribution in [-0.2, 0) is 19.3 Å². The maximum Gasteiger partial charge on any atom is 0.143 e. The first-order valence-corrected chi connectivity index (χ1v) is 9.35. The molecule has 0 spiro atoms. The zero-order valence-corrected chi connectivity index (χ0v) is 15.5. The van der Waals surface area contributed by atoms with E-state index in [2.05, 4.69) is 12.2 Å². The summed E-state index contributed by atoms with van der Waals surface area (Å²) in [5, 5.41) is 4.65. The average molecular weight is 355 g/mol. The van der Waals surface area contributed by atoms with Crippen LogP contribution in [0.2, 0.25) is 0 Å². The summed E-state index contributed by atoms with van der Waals surface area (Å²) in [6, 6.07) is 5.72. The molecule has 25 heavy (non-hydrogen) atoms. The number of hydrogen-bond acceptors (Lipinski definition) is 6. The number of nitrogens with zero attached hydrogens (tertiary/aromatic N) is 2. The SMILES string of the molecule is CCc1nc(Nc2cc(OC)ccc2OC)c2c3c(sc2n1)CCC3. The van der Waals surface area contributed by atoms with Crippen molar-refractivity contribution < 1.29 is 9.47 Å². The van der Waals surface area contributed by atoms with E-state index in [-0.39, 0.29) is 0 Å². The molecule has 3 aromatic rings. The molecular weight excluding hydrogens is 334 g/mol. The van der Waals surface area contributed by atoms with E-state index in [4.69, 9.17) is 19.4 Å². The third-order valence-electron chi connectivity index (χ3n) is 4.59. The molecule has 1 aliphatic carbocycles. The number of aryl methyl sites for hydroxylation is 3. The Labute approximate surface area is 151 Å². The number of methoxy groups -OCH3 is 2. The lowest BCUT2D eigenvalue weighted by Gasteiger charge is -2.14. The van der Waals surface area contributed by atoms with Gasteiger partial charge in [0, 0.05) is 17.4 Å². The first-order chi connectivity index (χ1) is 12.2. The molecule has 0 bridgehead atoms. The molecule has 4 rings (SSSR count). The van der Waals surface area contributed by atoms with Gasteiger partial charge < -0.3 is 14.8 Å². The van der Waals surface area contributed by atoms with Crippen LogP contribution >= 0.6 is 11.3 Å². The molecule has 0 saturated carbocycles. The molecule has 0 saturated heterocycles. The van der Waals surface area contributed by atoms with Crippen LogP contribution in [-0.4, -0.2) is 24.2 Å². The number of anilines is 2. The summed E-state index contributed by atoms with van der Waals surface area (Å²) in [6.07, 6.45) is 4.28. The van der Waals surface area contributed by atoms with Crippen molar-refractivity contribution in [2.24, 2.45) is 0 Å². The van der Waals surface area contributed by atoms with Crippen molar-refractivity contribution in [3.8, 4) is 11.5 Å². The molecule has 0 amide bonds. The molecule has 0 radical (unpaired) electrons. The zero-order valence-electron chi connectivity index (χ0n) is 14.7. The van der Waals surface area contributed by atoms with E-state index in [0.717, 1.165) is 52.9 Å². The predicted molar refractivity (Wildman–Crippen MR) is 102 cm³/mol. The molecule has 0 aliphatic heterocycles. The van der Waals surface area contributed by atoms with Gasteiger partial charge in [-0.3, -0.25) is 0 Å². The van der Waals surface area contributed by atoms with E-state index in [1.807, 2.05) is 29.5 Å². The second-order valence-electron chi connectivity index (χ2n) is 6.07. The number of rotatable bonds is 5. The Morgan fingerprint density at radius 1 is 1.16 bits per heavy atom. The smallest absolute Gasteiger partial charge is 0.143 e. The van der Waals surface area contributed by atoms with Gasteiger partial charge in [0.05, 0.1) is 25.3 Å². The minimum Gasteiger partial charge on any atom is -0.497 e. The van der Waals surface area contributed by atoms with Crippen molar-refractivity contribution in [2.45, 2.75) is 32.6 Å². The molecule has 0 unspecified atom stereocenters. The van der Waals surface area contributed by atoms with Gasteiger partial charge in [-0.1, -0.05) is 6.92 Å². The quantitative estimate of drug-likeness (QED) is 0.730. The van der Waals surface area contributed by atoms with Gasteiger partial charge in [0.15, 0.2) is 0 Å². The number of thiophene rings is 1. The Bertz CT molecular complexity index is 936. The maximum absolute atomic E-state index is 5.50. The normalized spacial score (nSPS) is 13.1. The van der Waals surface area contributed by atoms with Gasteiger partial charge in [-0.05, 0) is 37.0 Å². The van der Waals surface area contributed by atoms with Crippen molar-refractivity contribution >= 4 is 33.1 Å². The van der Waals surface area contributed by atoms with Crippen LogP contribution in [0.25, 0.3) is 10.2 Å². The number of benzene rings is 1. The fraction of sp³-hybridized carbons (Fsp3) is 0.368. The monoisotopic (exact) mass is 355 g/mol. The van der Waals surface area contributed by atoms with Crippen molar-refractivity contribution in [1.29, 1.82) is 0 Å². The highest BCUT2D eigenvalue weighted by molar-refractivity contribution is 7.19. The van der Waals surface area contributed by atoms with Crippen molar-refractivity contribution in [2.75, 3.05) is 19.5 Å². The fourth-order valence-electron chi connectivity index (χ4n) is 3.33. The Hall–Kier alpha value is -2.34. The maximum atomic E-state index is 5.50. The summed E-state index contributed by atoms with van der Waals surface area (Å²) in [4.78, 5) is 12.1. The second kappa shape index (κ2) is 6.52. The molecule has 1 aromatic carbocycles. The molecule has 0 atom stereocenters. The van der Waals surface area contributed by atoms with Gasteiger partial charge in [-0.2, -0.15) is 0 Å². The highest BCUT2D eigenvalue weighted by Gasteiger charge is 2.22. The lowest BCUT2D eigenvalue weighted by molar-refractivity contribution is 0.405. The number of ether oxygens (including phenoxy) is 2. The Balaban J connectivity index is 1.86. The van der Waals surface area contributed by atoms with Crippen LogP contribution in [0.5, 0.6) is 11.5 Å². The Kier molecular flexibility index (Phi) is 4.21. The summed E-state index contributed by atoms with van der Waals surface area (Å²) < 4.78 is 10.9. The predicted octanol–water partition coefficient (Wildman–Crippen LogP) is 4.50. The minimum atomic E-state index is 0.762. The van der Waals surface area contributed by atoms with Gasteiger partial charge in [0.1, 0.15) is 28.0 Å². The van der Waals surface area contributed by atoms with Gasteiger partial charge in [0.25, 0.3) is 0 Å². The van der Waals surface area contributed by atoms with Crippen molar-refractivity contribution in [3.63, 3.8) is 0 Å². The fourth-order valence-corrected chi connectivity index (χ4v) is 4.61. The van der Waals surface area contributed by atoms with Crippen LogP contribution in [0.1, 0.15) is 29.6 Å². The topological polar surface area (TPSA) is 56.3 Å². The van der Waals surface area contributed by atoms with E-state index in [0.29, 0.717) is 0 Å². The number of nitrogens with one attached hydrogen (secondary N) is 1. The van der Waals surface area contributed by atoms with Gasteiger partial charge in [-0.25, -0.2) is 9.97 Å². The Morgan fingerprint density at radius 2 is 2.04 bits per heavy atom. The molecule has 1 aliphatic rings. The van der Waals surface area contributed by atoms with Crippen LogP contribution in [0, 0.1) is 0 Å². The molecule has 130 valence electrons. The first-order valence-electron chi connectivity index (χ1n) is 8.53. The largest absolute Gasteiger partial charge is 0.497 e. The molecule has 1 N–H and O–H groups in total. The molecule has 6 heteroatoms. The third-order valence-corrected chi connectivity index (χ3v) is 5.77. The van der Waals surface area contributed by atoms with Gasteiger partial charge >= 0.3 is 0 Å². The highest BCUT2D eigenvalue weighted by atomic mass is 32.1. The van der Waals surface area contributed by atoms with Crippen molar-refractivity contribution in [3.05, 3.63) is 34.5 Å². The highest BCUT2D eigenvalue weighted by Crippen LogP contribution is 2.41. The molecule has 2 aromatic heterocycles. The minimum absolute atomic E-state index is 0.762. The van der Waals surface area contributed by atoms with E-state index < -0.39 is 0 Å². The van der Waals surface area contributed by atoms with Gasteiger partial charge in [0.2, 0.25) is 0 Å². The second-order valence-corrected chi connectivity index (χ2v) is 7.15. The lowest BCUT2D eigenvalue weighted by Crippen LogP contribution is -2.02. The van der Waals surface area contributed by atoms with Crippen LogP contribution < -0.4 is 14.8 Å². The van der Waals surface area contributed by atoms with Crippen LogP contribution in [0.4, 0.5) is 11.5 Å². The number of hydrogen-bond donors (Lipinski definition) is 1. The zero-order chi connectivity index (χ0) is 17.4. The lowest BCUT2D eigenvalue weighted by atomic mass is 10.1. The first kappa shape index (κ1) is 16.1. The molecular formula is C19H21N3O2S. The number of aromatic nitrogens is 2. The summed E-state index contributed by atoms with van der Waals surface area (Å²) in [6.45, 7) is 2.08. The van der Waals surface area contributed by atoms with Crippen LogP contribution in [0.3, 0.4) is 0 Å². The molecule has 2 heterocycles. The van der Waals surface area contributed by atoms with Crippen molar-refractivity contribution in [1.82, 2.24) is 9.97 Å². The average Bonchev–Trinajstić information content (AvgIpc) is 3.22. The molecule has 0 fully saturated rings. The Morgan fingerprint density at radius 3 is 2.80 bits per heavy atom. The summed E-state index contributed by atoms with van der Waals surface area (Å²) in [5.74, 6) is 3.27. The summed E-state index contributed by atoms with van der Waals surface area (Å²) in [7, 11) is 3.33. The molecule has 5 nitrogen and oxygen atoms in total. The van der Waals surface area contributed by atoms with E-state index in [9.17, 15) is 0 Å². The van der Waals surface area contributed by atoms with E-state index >= 15 is 0 Å². The standard InChI is InChI=1S/C19H21N3O2S/c1-4-16-21-18(17-12-6-5-7-15(12)25-19(17)22-16)20-13-10-11(23-2)8-9-14(13)24-3/h8-10H,4-7H2,1-3H3,(H,20,21,22). The van der Waals surface area contributed by atoms with Gasteiger partial charge in [-0.15, -0.1) is 11.3 Å². The third kappa shape index (κ3) is 2.80. The van der Waals surface area contributed by atoms with E-state index in [1.165, 1.54) is 22.2 Å². The van der Waals surface area contributed by atoms with Crippen LogP contribution in [0.15, 0.2) is 18.2 Å². The summed E-state index contributed by atoms with van der Waals surface area (Å²) in [5.41, 5.74) is 2.26. The van der Waals surface area contributed by atoms with E-state index in [1.54, 1.807) is 14.2 Å². The summed E-state index contributed by atoms with van der Waals surface area (Å²) >= 11 is 1.81.